The minimum Gasteiger partial charge on any atom is -0.482 e. The fraction of sp³-hybridized carbons (Fsp3) is 0.462. The Bertz CT molecular complexity index is 595. The lowest BCUT2D eigenvalue weighted by Gasteiger charge is -2.19. The maximum atomic E-state index is 12.0. The van der Waals surface area contributed by atoms with Crippen molar-refractivity contribution in [2.45, 2.75) is 25.6 Å². The summed E-state index contributed by atoms with van der Waals surface area (Å²) in [6.45, 7) is 3.64. The van der Waals surface area contributed by atoms with Gasteiger partial charge < -0.3 is 14.8 Å². The minimum atomic E-state index is -0.230. The van der Waals surface area contributed by atoms with Gasteiger partial charge in [0.1, 0.15) is 11.8 Å². The van der Waals surface area contributed by atoms with Gasteiger partial charge in [-0.3, -0.25) is 14.6 Å². The standard InChI is InChI=1S/C13H17N5O3/c1-2-18-6-9(5-15-18)21-12-8-20-7-11(12)16-13(19)10-3-4-14-17-10/h3-6,11-12H,2,7-8H2,1H3,(H,14,17)(H,16,19)/t11-,12+/m0/s1. The normalized spacial score (nSPS) is 21.4. The number of H-pyrrole nitrogens is 1. The van der Waals surface area contributed by atoms with Crippen LogP contribution >= 0.6 is 0 Å². The number of nitrogens with zero attached hydrogens (tertiary/aromatic N) is 3. The van der Waals surface area contributed by atoms with Crippen LogP contribution in [-0.2, 0) is 11.3 Å². The van der Waals surface area contributed by atoms with Crippen LogP contribution in [0, 0.1) is 0 Å². The highest BCUT2D eigenvalue weighted by atomic mass is 16.5. The molecule has 0 radical (unpaired) electrons. The second-order valence-corrected chi connectivity index (χ2v) is 4.78. The zero-order chi connectivity index (χ0) is 14.7. The van der Waals surface area contributed by atoms with Crippen LogP contribution in [-0.4, -0.2) is 51.2 Å². The number of hydrogen-bond donors (Lipinski definition) is 2. The van der Waals surface area contributed by atoms with Crippen LogP contribution in [0.2, 0.25) is 0 Å². The molecule has 8 heteroatoms. The number of aromatic amines is 1. The van der Waals surface area contributed by atoms with Gasteiger partial charge in [0, 0.05) is 12.7 Å². The molecule has 1 fully saturated rings. The average Bonchev–Trinajstić information content (AvgIpc) is 3.21. The lowest BCUT2D eigenvalue weighted by Crippen LogP contribution is -2.45. The van der Waals surface area contributed by atoms with Gasteiger partial charge in [0.25, 0.3) is 5.91 Å². The van der Waals surface area contributed by atoms with Gasteiger partial charge in [0.2, 0.25) is 0 Å². The van der Waals surface area contributed by atoms with Crippen LogP contribution < -0.4 is 10.1 Å². The van der Waals surface area contributed by atoms with Crippen molar-refractivity contribution in [1.29, 1.82) is 0 Å². The van der Waals surface area contributed by atoms with E-state index in [1.165, 1.54) is 6.20 Å². The first kappa shape index (κ1) is 13.6. The fourth-order valence-corrected chi connectivity index (χ4v) is 2.17. The highest BCUT2D eigenvalue weighted by molar-refractivity contribution is 5.92. The van der Waals surface area contributed by atoms with E-state index in [0.717, 1.165) is 6.54 Å². The first-order chi connectivity index (χ1) is 10.3. The smallest absolute Gasteiger partial charge is 0.269 e. The highest BCUT2D eigenvalue weighted by Crippen LogP contribution is 2.16. The van der Waals surface area contributed by atoms with Gasteiger partial charge in [0.05, 0.1) is 31.6 Å². The van der Waals surface area contributed by atoms with Gasteiger partial charge >= 0.3 is 0 Å². The molecule has 8 nitrogen and oxygen atoms in total. The predicted octanol–water partition coefficient (Wildman–Crippen LogP) is 0.202. The van der Waals surface area contributed by atoms with Crippen LogP contribution in [0.4, 0.5) is 0 Å². The number of amides is 1. The number of carbonyl (C=O) groups is 1. The molecular formula is C13H17N5O3. The number of nitrogens with one attached hydrogen (secondary N) is 2. The molecule has 3 heterocycles. The third kappa shape index (κ3) is 3.05. The fourth-order valence-electron chi connectivity index (χ4n) is 2.17. The molecule has 2 aromatic rings. The molecule has 0 saturated carbocycles. The van der Waals surface area contributed by atoms with Crippen molar-refractivity contribution in [1.82, 2.24) is 25.3 Å². The van der Waals surface area contributed by atoms with Gasteiger partial charge in [0.15, 0.2) is 5.75 Å². The van der Waals surface area contributed by atoms with Crippen molar-refractivity contribution in [3.63, 3.8) is 0 Å². The Morgan fingerprint density at radius 1 is 1.62 bits per heavy atom. The molecule has 2 atom stereocenters. The van der Waals surface area contributed by atoms with Crippen molar-refractivity contribution < 1.29 is 14.3 Å². The summed E-state index contributed by atoms with van der Waals surface area (Å²) in [5.74, 6) is 0.453. The maximum Gasteiger partial charge on any atom is 0.269 e. The molecule has 21 heavy (non-hydrogen) atoms. The molecule has 1 aliphatic heterocycles. The average molecular weight is 291 g/mol. The quantitative estimate of drug-likeness (QED) is 0.821. The van der Waals surface area contributed by atoms with Gasteiger partial charge in [-0.2, -0.15) is 10.2 Å². The Balaban J connectivity index is 1.61. The first-order valence-electron chi connectivity index (χ1n) is 6.83. The number of aryl methyl sites for hydroxylation is 1. The van der Waals surface area contributed by atoms with E-state index in [1.807, 2.05) is 13.1 Å². The molecule has 0 spiro atoms. The van der Waals surface area contributed by atoms with Crippen LogP contribution in [0.15, 0.2) is 24.7 Å². The van der Waals surface area contributed by atoms with Crippen LogP contribution in [0.5, 0.6) is 5.75 Å². The lowest BCUT2D eigenvalue weighted by atomic mass is 10.2. The summed E-state index contributed by atoms with van der Waals surface area (Å²) in [6, 6.07) is 1.41. The summed E-state index contributed by atoms with van der Waals surface area (Å²) in [5.41, 5.74) is 0.416. The van der Waals surface area contributed by atoms with Crippen molar-refractivity contribution in [3.8, 4) is 5.75 Å². The minimum absolute atomic E-state index is 0.203. The van der Waals surface area contributed by atoms with Crippen LogP contribution in [0.25, 0.3) is 0 Å². The zero-order valence-corrected chi connectivity index (χ0v) is 11.7. The van der Waals surface area contributed by atoms with E-state index in [-0.39, 0.29) is 18.1 Å². The Morgan fingerprint density at radius 3 is 3.24 bits per heavy atom. The molecule has 3 rings (SSSR count). The molecule has 0 bridgehead atoms. The molecule has 0 aliphatic carbocycles. The highest BCUT2D eigenvalue weighted by Gasteiger charge is 2.32. The summed E-state index contributed by atoms with van der Waals surface area (Å²) in [7, 11) is 0. The van der Waals surface area contributed by atoms with Crippen molar-refractivity contribution >= 4 is 5.91 Å². The van der Waals surface area contributed by atoms with Gasteiger partial charge in [-0.15, -0.1) is 0 Å². The van der Waals surface area contributed by atoms with Crippen LogP contribution in [0.3, 0.4) is 0 Å². The summed E-state index contributed by atoms with van der Waals surface area (Å²) in [5, 5.41) is 13.4. The van der Waals surface area contributed by atoms with Crippen molar-refractivity contribution in [3.05, 3.63) is 30.4 Å². The van der Waals surface area contributed by atoms with E-state index in [1.54, 1.807) is 16.9 Å². The molecule has 112 valence electrons. The van der Waals surface area contributed by atoms with E-state index in [2.05, 4.69) is 20.6 Å². The predicted molar refractivity (Wildman–Crippen MR) is 73.0 cm³/mol. The summed E-state index contributed by atoms with van der Waals surface area (Å²) in [6.07, 6.45) is 4.79. The second-order valence-electron chi connectivity index (χ2n) is 4.78. The van der Waals surface area contributed by atoms with Gasteiger partial charge in [-0.05, 0) is 13.0 Å². The molecule has 1 aliphatic rings. The third-order valence-electron chi connectivity index (χ3n) is 3.31. The molecule has 2 N–H and O–H groups in total. The topological polar surface area (TPSA) is 94.1 Å². The van der Waals surface area contributed by atoms with Crippen LogP contribution in [0.1, 0.15) is 17.4 Å². The summed E-state index contributed by atoms with van der Waals surface area (Å²) < 4.78 is 13.0. The lowest BCUT2D eigenvalue weighted by molar-refractivity contribution is 0.0899. The monoisotopic (exact) mass is 291 g/mol. The first-order valence-corrected chi connectivity index (χ1v) is 6.83. The number of carbonyl (C=O) groups excluding carboxylic acids is 1. The SMILES string of the molecule is CCn1cc(O[C@@H]2COC[C@@H]2NC(=O)c2ccn[nH]2)cn1. The molecule has 0 unspecified atom stereocenters. The Hall–Kier alpha value is -2.35. The molecule has 1 saturated heterocycles. The molecule has 1 amide bonds. The summed E-state index contributed by atoms with van der Waals surface area (Å²) in [4.78, 5) is 12.0. The number of rotatable bonds is 5. The van der Waals surface area contributed by atoms with Gasteiger partial charge in [-0.25, -0.2) is 0 Å². The molecule has 2 aromatic heterocycles. The number of ether oxygens (including phenoxy) is 2. The van der Waals surface area contributed by atoms with E-state index < -0.39 is 0 Å². The van der Waals surface area contributed by atoms with E-state index >= 15 is 0 Å². The molecule has 0 aromatic carbocycles. The Kier molecular flexibility index (Phi) is 3.87. The molecular weight excluding hydrogens is 274 g/mol. The van der Waals surface area contributed by atoms with Gasteiger partial charge in [-0.1, -0.05) is 0 Å². The maximum absolute atomic E-state index is 12.0. The van der Waals surface area contributed by atoms with E-state index in [4.69, 9.17) is 9.47 Å². The van der Waals surface area contributed by atoms with E-state index in [0.29, 0.717) is 24.7 Å². The second kappa shape index (κ2) is 5.96. The largest absolute Gasteiger partial charge is 0.482 e. The number of hydrogen-bond acceptors (Lipinski definition) is 5. The van der Waals surface area contributed by atoms with Crippen molar-refractivity contribution in [2.75, 3.05) is 13.2 Å². The summed E-state index contributed by atoms with van der Waals surface area (Å²) >= 11 is 0. The third-order valence-corrected chi connectivity index (χ3v) is 3.31. The Labute approximate surface area is 121 Å². The Morgan fingerprint density at radius 2 is 2.52 bits per heavy atom. The number of aromatic nitrogens is 4. The van der Waals surface area contributed by atoms with E-state index in [9.17, 15) is 4.79 Å². The zero-order valence-electron chi connectivity index (χ0n) is 11.7. The van der Waals surface area contributed by atoms with Crippen molar-refractivity contribution in [2.24, 2.45) is 0 Å².